The molecular weight excluding hydrogens is 313 g/mol. The van der Waals surface area contributed by atoms with Crippen molar-refractivity contribution in [3.05, 3.63) is 65.5 Å². The predicted octanol–water partition coefficient (Wildman–Crippen LogP) is 3.53. The largest absolute Gasteiger partial charge is 0.273 e. The first-order valence-corrected chi connectivity index (χ1v) is 8.43. The van der Waals surface area contributed by atoms with Crippen molar-refractivity contribution in [2.24, 2.45) is 0 Å². The van der Waals surface area contributed by atoms with Crippen LogP contribution in [-0.4, -0.2) is 15.5 Å². The fraction of sp³-hybridized carbons (Fsp3) is 0.200. The molecule has 3 nitrogen and oxygen atoms in total. The van der Waals surface area contributed by atoms with Gasteiger partial charge in [0.2, 0.25) is 10.0 Å². The standard InChI is InChI=1S/C15H15ClFNO2S/c1-18(15-8-6-14(17)7-9-15)21(19,20)11-13-4-2-12(10-16)3-5-13/h2-9H,10-11H2,1H3. The van der Waals surface area contributed by atoms with E-state index in [0.717, 1.165) is 9.87 Å². The average Bonchev–Trinajstić information content (AvgIpc) is 2.48. The minimum atomic E-state index is -3.52. The Labute approximate surface area is 129 Å². The lowest BCUT2D eigenvalue weighted by Crippen LogP contribution is -2.27. The van der Waals surface area contributed by atoms with Gasteiger partial charge in [0.05, 0.1) is 11.4 Å². The number of halogens is 2. The number of sulfonamides is 1. The molecule has 0 saturated carbocycles. The number of rotatable bonds is 5. The van der Waals surface area contributed by atoms with Crippen LogP contribution in [0.25, 0.3) is 0 Å². The Morgan fingerprint density at radius 1 is 1.00 bits per heavy atom. The Hall–Kier alpha value is -1.59. The van der Waals surface area contributed by atoms with Crippen LogP contribution >= 0.6 is 11.6 Å². The van der Waals surface area contributed by atoms with E-state index in [-0.39, 0.29) is 5.75 Å². The van der Waals surface area contributed by atoms with Crippen molar-refractivity contribution in [3.8, 4) is 0 Å². The monoisotopic (exact) mass is 327 g/mol. The topological polar surface area (TPSA) is 37.4 Å². The maximum Gasteiger partial charge on any atom is 0.239 e. The predicted molar refractivity (Wildman–Crippen MR) is 83.4 cm³/mol. The Kier molecular flexibility index (Phi) is 4.85. The van der Waals surface area contributed by atoms with Crippen molar-refractivity contribution in [1.29, 1.82) is 0 Å². The van der Waals surface area contributed by atoms with Crippen LogP contribution in [0.1, 0.15) is 11.1 Å². The second-order valence-electron chi connectivity index (χ2n) is 4.65. The van der Waals surface area contributed by atoms with Gasteiger partial charge in [-0.2, -0.15) is 0 Å². The SMILES string of the molecule is CN(c1ccc(F)cc1)S(=O)(=O)Cc1ccc(CCl)cc1. The molecule has 0 spiro atoms. The molecule has 0 radical (unpaired) electrons. The van der Waals surface area contributed by atoms with E-state index in [1.165, 1.54) is 31.3 Å². The lowest BCUT2D eigenvalue weighted by Gasteiger charge is -2.19. The highest BCUT2D eigenvalue weighted by Gasteiger charge is 2.19. The highest BCUT2D eigenvalue weighted by molar-refractivity contribution is 7.92. The van der Waals surface area contributed by atoms with Gasteiger partial charge in [0.15, 0.2) is 0 Å². The molecule has 0 amide bonds. The number of benzene rings is 2. The lowest BCUT2D eigenvalue weighted by atomic mass is 10.2. The van der Waals surface area contributed by atoms with Crippen LogP contribution in [0.5, 0.6) is 0 Å². The number of hydrogen-bond acceptors (Lipinski definition) is 2. The lowest BCUT2D eigenvalue weighted by molar-refractivity contribution is 0.593. The van der Waals surface area contributed by atoms with Gasteiger partial charge in [-0.3, -0.25) is 4.31 Å². The van der Waals surface area contributed by atoms with Crippen molar-refractivity contribution in [3.63, 3.8) is 0 Å². The second kappa shape index (κ2) is 6.45. The van der Waals surface area contributed by atoms with Gasteiger partial charge in [0, 0.05) is 12.9 Å². The molecule has 2 aromatic carbocycles. The number of nitrogens with zero attached hydrogens (tertiary/aromatic N) is 1. The molecule has 0 fully saturated rings. The molecule has 0 aromatic heterocycles. The van der Waals surface area contributed by atoms with Gasteiger partial charge in [-0.25, -0.2) is 12.8 Å². The Bertz CT molecular complexity index is 699. The fourth-order valence-electron chi connectivity index (χ4n) is 1.84. The highest BCUT2D eigenvalue weighted by atomic mass is 35.5. The van der Waals surface area contributed by atoms with E-state index in [9.17, 15) is 12.8 Å². The Balaban J connectivity index is 2.18. The van der Waals surface area contributed by atoms with Crippen LogP contribution in [0.2, 0.25) is 0 Å². The summed E-state index contributed by atoms with van der Waals surface area (Å²) in [4.78, 5) is 0. The van der Waals surface area contributed by atoms with Crippen LogP contribution in [0.15, 0.2) is 48.5 Å². The van der Waals surface area contributed by atoms with E-state index >= 15 is 0 Å². The van der Waals surface area contributed by atoms with Crippen molar-refractivity contribution in [2.45, 2.75) is 11.6 Å². The van der Waals surface area contributed by atoms with Crippen LogP contribution in [0.4, 0.5) is 10.1 Å². The Morgan fingerprint density at radius 2 is 1.52 bits per heavy atom. The minimum Gasteiger partial charge on any atom is -0.273 e. The normalized spacial score (nSPS) is 11.4. The molecule has 0 atom stereocenters. The third-order valence-electron chi connectivity index (χ3n) is 3.13. The average molecular weight is 328 g/mol. The van der Waals surface area contributed by atoms with Gasteiger partial charge in [-0.05, 0) is 35.4 Å². The highest BCUT2D eigenvalue weighted by Crippen LogP contribution is 2.19. The molecule has 0 N–H and O–H groups in total. The van der Waals surface area contributed by atoms with Gasteiger partial charge >= 0.3 is 0 Å². The van der Waals surface area contributed by atoms with Crippen molar-refractivity contribution < 1.29 is 12.8 Å². The molecule has 2 aromatic rings. The molecule has 0 aliphatic carbocycles. The number of alkyl halides is 1. The minimum absolute atomic E-state index is 0.122. The van der Waals surface area contributed by atoms with Crippen molar-refractivity contribution in [1.82, 2.24) is 0 Å². The first-order valence-electron chi connectivity index (χ1n) is 6.28. The van der Waals surface area contributed by atoms with E-state index in [0.29, 0.717) is 17.1 Å². The quantitative estimate of drug-likeness (QED) is 0.788. The molecule has 112 valence electrons. The summed E-state index contributed by atoms with van der Waals surface area (Å²) in [5.41, 5.74) is 2.04. The van der Waals surface area contributed by atoms with E-state index in [1.807, 2.05) is 0 Å². The van der Waals surface area contributed by atoms with Gasteiger partial charge in [0.1, 0.15) is 5.82 Å². The molecule has 0 unspecified atom stereocenters. The maximum absolute atomic E-state index is 12.9. The molecule has 21 heavy (non-hydrogen) atoms. The summed E-state index contributed by atoms with van der Waals surface area (Å²) < 4.78 is 38.7. The summed E-state index contributed by atoms with van der Waals surface area (Å²) in [6, 6.07) is 12.4. The number of anilines is 1. The van der Waals surface area contributed by atoms with Gasteiger partial charge < -0.3 is 0 Å². The zero-order valence-corrected chi connectivity index (χ0v) is 13.0. The third kappa shape index (κ3) is 3.95. The number of hydrogen-bond donors (Lipinski definition) is 0. The molecular formula is C15H15ClFNO2S. The molecule has 0 saturated heterocycles. The zero-order valence-electron chi connectivity index (χ0n) is 11.5. The summed E-state index contributed by atoms with van der Waals surface area (Å²) in [7, 11) is -2.07. The van der Waals surface area contributed by atoms with Crippen LogP contribution in [0.3, 0.4) is 0 Å². The molecule has 0 bridgehead atoms. The molecule has 6 heteroatoms. The smallest absolute Gasteiger partial charge is 0.239 e. The summed E-state index contributed by atoms with van der Waals surface area (Å²) >= 11 is 5.70. The van der Waals surface area contributed by atoms with Crippen molar-refractivity contribution >= 4 is 27.3 Å². The van der Waals surface area contributed by atoms with Crippen LogP contribution < -0.4 is 4.31 Å². The first-order chi connectivity index (χ1) is 9.92. The summed E-state index contributed by atoms with van der Waals surface area (Å²) in [6.45, 7) is 0. The summed E-state index contributed by atoms with van der Waals surface area (Å²) in [5, 5.41) is 0. The summed E-state index contributed by atoms with van der Waals surface area (Å²) in [5.74, 6) is -0.132. The van der Waals surface area contributed by atoms with Gasteiger partial charge in [0.25, 0.3) is 0 Å². The zero-order chi connectivity index (χ0) is 15.5. The third-order valence-corrected chi connectivity index (χ3v) is 5.19. The van der Waals surface area contributed by atoms with Gasteiger partial charge in [-0.1, -0.05) is 24.3 Å². The van der Waals surface area contributed by atoms with E-state index in [2.05, 4.69) is 0 Å². The Morgan fingerprint density at radius 3 is 2.05 bits per heavy atom. The molecule has 2 rings (SSSR count). The maximum atomic E-state index is 12.9. The molecule has 0 aliphatic rings. The fourth-order valence-corrected chi connectivity index (χ4v) is 3.27. The van der Waals surface area contributed by atoms with E-state index in [4.69, 9.17) is 11.6 Å². The second-order valence-corrected chi connectivity index (χ2v) is 6.92. The molecule has 0 aliphatic heterocycles. The first kappa shape index (κ1) is 15.8. The van der Waals surface area contributed by atoms with Gasteiger partial charge in [-0.15, -0.1) is 11.6 Å². The van der Waals surface area contributed by atoms with Crippen molar-refractivity contribution in [2.75, 3.05) is 11.4 Å². The van der Waals surface area contributed by atoms with E-state index < -0.39 is 15.8 Å². The summed E-state index contributed by atoms with van der Waals surface area (Å²) in [6.07, 6.45) is 0. The van der Waals surface area contributed by atoms with Crippen LogP contribution in [0, 0.1) is 5.82 Å². The van der Waals surface area contributed by atoms with Crippen LogP contribution in [-0.2, 0) is 21.7 Å². The van der Waals surface area contributed by atoms with E-state index in [1.54, 1.807) is 24.3 Å². The molecule has 0 heterocycles.